The third-order valence-electron chi connectivity index (χ3n) is 6.43. The number of halogens is 1. The Labute approximate surface area is 197 Å². The summed E-state index contributed by atoms with van der Waals surface area (Å²) in [5.41, 5.74) is 11.4. The first-order valence-electron chi connectivity index (χ1n) is 11.0. The minimum absolute atomic E-state index is 0.00467. The molecule has 9 heteroatoms. The number of amides is 1. The molecule has 0 aromatic heterocycles. The molecular formula is C24H27FN6OS. The molecule has 5 rings (SSSR count). The number of amidine groups is 1. The number of thioether (sulfide) groups is 1. The first kappa shape index (κ1) is 21.8. The Morgan fingerprint density at radius 1 is 1.21 bits per heavy atom. The number of carbonyl (C=O) groups is 1. The Bertz CT molecular complexity index is 1120. The Hall–Kier alpha value is -3.04. The molecule has 7 nitrogen and oxygen atoms in total. The van der Waals surface area contributed by atoms with Crippen LogP contribution >= 0.6 is 11.8 Å². The average molecular weight is 467 g/mol. The molecule has 0 aliphatic carbocycles. The standard InChI is InChI=1S/C24H27FN6OS/c1-15-4-5-16(2)19(12-15)20-13-21-23-26-27-24(30(23)10-11-31(21)28-20)33-14-22(32)29(3)18-8-6-17(25)7-9-18/h4-12,20-21,23,26,28H,13-14H2,1-3H3. The third-order valence-corrected chi connectivity index (χ3v) is 7.38. The normalized spacial score (nSPS) is 23.2. The second kappa shape index (κ2) is 8.72. The zero-order valence-corrected chi connectivity index (χ0v) is 19.6. The van der Waals surface area contributed by atoms with Crippen molar-refractivity contribution < 1.29 is 9.18 Å². The van der Waals surface area contributed by atoms with E-state index in [4.69, 9.17) is 0 Å². The van der Waals surface area contributed by atoms with Gasteiger partial charge in [0.15, 0.2) is 5.17 Å². The van der Waals surface area contributed by atoms with Gasteiger partial charge in [-0.05, 0) is 55.7 Å². The molecule has 2 aromatic carbocycles. The van der Waals surface area contributed by atoms with Gasteiger partial charge in [-0.25, -0.2) is 9.82 Å². The van der Waals surface area contributed by atoms with E-state index in [1.165, 1.54) is 45.5 Å². The summed E-state index contributed by atoms with van der Waals surface area (Å²) in [7, 11) is 1.70. The number of hydrogen-bond acceptors (Lipinski definition) is 7. The van der Waals surface area contributed by atoms with Crippen LogP contribution in [-0.2, 0) is 4.79 Å². The van der Waals surface area contributed by atoms with E-state index >= 15 is 0 Å². The molecule has 2 aromatic rings. The summed E-state index contributed by atoms with van der Waals surface area (Å²) < 4.78 is 13.2. The fraction of sp³-hybridized carbons (Fsp3) is 0.333. The summed E-state index contributed by atoms with van der Waals surface area (Å²) in [6, 6.07) is 12.9. The maximum absolute atomic E-state index is 13.2. The van der Waals surface area contributed by atoms with Crippen LogP contribution in [0.5, 0.6) is 0 Å². The third kappa shape index (κ3) is 4.18. The van der Waals surface area contributed by atoms with Gasteiger partial charge in [0.1, 0.15) is 12.0 Å². The van der Waals surface area contributed by atoms with E-state index in [-0.39, 0.29) is 35.7 Å². The highest BCUT2D eigenvalue weighted by Gasteiger charge is 2.44. The van der Waals surface area contributed by atoms with Crippen molar-refractivity contribution in [1.82, 2.24) is 20.8 Å². The maximum atomic E-state index is 13.2. The minimum Gasteiger partial charge on any atom is -0.315 e. The lowest BCUT2D eigenvalue weighted by atomic mass is 9.95. The van der Waals surface area contributed by atoms with Crippen LogP contribution in [-0.4, -0.2) is 46.0 Å². The summed E-state index contributed by atoms with van der Waals surface area (Å²) >= 11 is 1.40. The van der Waals surface area contributed by atoms with Crippen LogP contribution in [0.1, 0.15) is 29.2 Å². The Morgan fingerprint density at radius 3 is 2.79 bits per heavy atom. The number of hydrazone groups is 1. The fourth-order valence-electron chi connectivity index (χ4n) is 4.52. The zero-order valence-electron chi connectivity index (χ0n) is 18.8. The highest BCUT2D eigenvalue weighted by Crippen LogP contribution is 2.36. The topological polar surface area (TPSA) is 63.2 Å². The molecule has 1 fully saturated rings. The number of carbonyl (C=O) groups excluding carboxylic acids is 1. The molecule has 1 amide bonds. The van der Waals surface area contributed by atoms with Crippen LogP contribution in [0.25, 0.3) is 0 Å². The number of hydrogen-bond donors (Lipinski definition) is 2. The molecule has 3 aliphatic rings. The number of aryl methyl sites for hydroxylation is 2. The lowest BCUT2D eigenvalue weighted by Crippen LogP contribution is -2.54. The molecular weight excluding hydrogens is 439 g/mol. The minimum atomic E-state index is -0.321. The van der Waals surface area contributed by atoms with Crippen molar-refractivity contribution >= 4 is 28.5 Å². The number of fused-ring (bicyclic) bond motifs is 3. The van der Waals surface area contributed by atoms with Gasteiger partial charge in [-0.15, -0.1) is 0 Å². The SMILES string of the molecule is Cc1ccc(C)c(C2CC3C4NN=C(SCC(=O)N(C)c5ccc(F)cc5)N4C=CN3N2)c1. The van der Waals surface area contributed by atoms with E-state index in [0.29, 0.717) is 5.69 Å². The van der Waals surface area contributed by atoms with Gasteiger partial charge in [0, 0.05) is 25.1 Å². The lowest BCUT2D eigenvalue weighted by molar-refractivity contribution is -0.115. The number of nitrogens with zero attached hydrogens (tertiary/aromatic N) is 4. The van der Waals surface area contributed by atoms with Gasteiger partial charge in [0.25, 0.3) is 0 Å². The molecule has 3 unspecified atom stereocenters. The Balaban J connectivity index is 1.21. The molecule has 172 valence electrons. The van der Waals surface area contributed by atoms with Crippen LogP contribution < -0.4 is 15.8 Å². The van der Waals surface area contributed by atoms with Crippen molar-refractivity contribution in [3.8, 4) is 0 Å². The number of hydrazine groups is 1. The summed E-state index contributed by atoms with van der Waals surface area (Å²) in [6.07, 6.45) is 4.99. The second-order valence-electron chi connectivity index (χ2n) is 8.64. The molecule has 0 bridgehead atoms. The first-order valence-corrected chi connectivity index (χ1v) is 12.0. The first-order chi connectivity index (χ1) is 15.9. The van der Waals surface area contributed by atoms with E-state index in [1.807, 2.05) is 12.4 Å². The summed E-state index contributed by atoms with van der Waals surface area (Å²) in [5, 5.41) is 7.45. The van der Waals surface area contributed by atoms with Gasteiger partial charge in [-0.3, -0.25) is 10.2 Å². The zero-order chi connectivity index (χ0) is 23.1. The Kier molecular flexibility index (Phi) is 5.76. The highest BCUT2D eigenvalue weighted by atomic mass is 32.2. The van der Waals surface area contributed by atoms with Crippen LogP contribution in [0.2, 0.25) is 0 Å². The highest BCUT2D eigenvalue weighted by molar-refractivity contribution is 8.14. The number of benzene rings is 2. The van der Waals surface area contributed by atoms with E-state index in [2.05, 4.69) is 57.9 Å². The Morgan fingerprint density at radius 2 is 2.00 bits per heavy atom. The van der Waals surface area contributed by atoms with Crippen LogP contribution in [0.15, 0.2) is 60.0 Å². The van der Waals surface area contributed by atoms with E-state index in [9.17, 15) is 9.18 Å². The molecule has 1 saturated heterocycles. The largest absolute Gasteiger partial charge is 0.315 e. The van der Waals surface area contributed by atoms with E-state index < -0.39 is 0 Å². The molecule has 33 heavy (non-hydrogen) atoms. The lowest BCUT2D eigenvalue weighted by Gasteiger charge is -2.36. The van der Waals surface area contributed by atoms with Gasteiger partial charge < -0.3 is 14.8 Å². The predicted octanol–water partition coefficient (Wildman–Crippen LogP) is 3.45. The average Bonchev–Trinajstić information content (AvgIpc) is 3.43. The van der Waals surface area contributed by atoms with Gasteiger partial charge in [-0.2, -0.15) is 5.10 Å². The van der Waals surface area contributed by atoms with Gasteiger partial charge in [0.2, 0.25) is 5.91 Å². The smallest absolute Gasteiger partial charge is 0.237 e. The van der Waals surface area contributed by atoms with Crippen molar-refractivity contribution in [2.45, 2.75) is 38.5 Å². The summed E-state index contributed by atoms with van der Waals surface area (Å²) in [4.78, 5) is 16.3. The van der Waals surface area contributed by atoms with Crippen molar-refractivity contribution in [3.63, 3.8) is 0 Å². The van der Waals surface area contributed by atoms with Crippen molar-refractivity contribution in [1.29, 1.82) is 0 Å². The molecule has 0 saturated carbocycles. The number of rotatable bonds is 4. The van der Waals surface area contributed by atoms with Crippen LogP contribution in [0, 0.1) is 19.7 Å². The number of nitrogens with one attached hydrogen (secondary N) is 2. The van der Waals surface area contributed by atoms with Crippen LogP contribution in [0.3, 0.4) is 0 Å². The second-order valence-corrected chi connectivity index (χ2v) is 9.59. The molecule has 2 N–H and O–H groups in total. The fourth-order valence-corrected chi connectivity index (χ4v) is 5.41. The molecule has 3 aliphatic heterocycles. The monoisotopic (exact) mass is 466 g/mol. The van der Waals surface area contributed by atoms with Gasteiger partial charge in [0.05, 0.1) is 17.8 Å². The predicted molar refractivity (Wildman–Crippen MR) is 130 cm³/mol. The van der Waals surface area contributed by atoms with Crippen LogP contribution in [0.4, 0.5) is 10.1 Å². The van der Waals surface area contributed by atoms with Crippen molar-refractivity contribution in [2.75, 3.05) is 17.7 Å². The molecule has 0 spiro atoms. The molecule has 0 radical (unpaired) electrons. The van der Waals surface area contributed by atoms with E-state index in [1.54, 1.807) is 19.2 Å². The number of anilines is 1. The summed E-state index contributed by atoms with van der Waals surface area (Å²) in [6.45, 7) is 4.28. The van der Waals surface area contributed by atoms with E-state index in [0.717, 1.165) is 11.6 Å². The van der Waals surface area contributed by atoms with Crippen molar-refractivity contribution in [2.24, 2.45) is 5.10 Å². The summed E-state index contributed by atoms with van der Waals surface area (Å²) in [5.74, 6) is -0.153. The van der Waals surface area contributed by atoms with Gasteiger partial charge in [-0.1, -0.05) is 35.5 Å². The molecule has 3 atom stereocenters. The van der Waals surface area contributed by atoms with Crippen molar-refractivity contribution in [3.05, 3.63) is 77.4 Å². The molecule has 3 heterocycles. The maximum Gasteiger partial charge on any atom is 0.237 e. The van der Waals surface area contributed by atoms with Gasteiger partial charge >= 0.3 is 0 Å². The quantitative estimate of drug-likeness (QED) is 0.720.